The average Bonchev–Trinajstić information content (AvgIpc) is 2.65. The van der Waals surface area contributed by atoms with Crippen molar-refractivity contribution in [1.82, 2.24) is 4.90 Å². The molecule has 1 N–H and O–H groups in total. The van der Waals surface area contributed by atoms with E-state index in [4.69, 9.17) is 5.11 Å². The molecule has 2 aliphatic heterocycles. The van der Waals surface area contributed by atoms with E-state index >= 15 is 0 Å². The summed E-state index contributed by atoms with van der Waals surface area (Å²) >= 11 is 0. The maximum absolute atomic E-state index is 12.7. The van der Waals surface area contributed by atoms with Crippen molar-refractivity contribution in [3.8, 4) is 0 Å². The number of hydrogen-bond donors (Lipinski definition) is 1. The summed E-state index contributed by atoms with van der Waals surface area (Å²) in [6.45, 7) is 1.36. The lowest BCUT2D eigenvalue weighted by atomic mass is 9.73. The maximum atomic E-state index is 12.7. The van der Waals surface area contributed by atoms with Crippen LogP contribution in [0.2, 0.25) is 0 Å². The van der Waals surface area contributed by atoms with E-state index in [1.807, 2.05) is 36.2 Å². The van der Waals surface area contributed by atoms with Crippen LogP contribution in [0.25, 0.3) is 0 Å². The minimum absolute atomic E-state index is 0.0573. The zero-order chi connectivity index (χ0) is 14.3. The van der Waals surface area contributed by atoms with Gasteiger partial charge in [0, 0.05) is 25.8 Å². The van der Waals surface area contributed by atoms with Gasteiger partial charge in [-0.1, -0.05) is 18.2 Å². The molecule has 0 atom stereocenters. The Labute approximate surface area is 117 Å². The molecule has 20 heavy (non-hydrogen) atoms. The molecule has 1 aromatic carbocycles. The van der Waals surface area contributed by atoms with Crippen LogP contribution < -0.4 is 4.90 Å². The van der Waals surface area contributed by atoms with Crippen LogP contribution in [-0.4, -0.2) is 48.6 Å². The maximum Gasteiger partial charge on any atom is 0.317 e. The fourth-order valence-electron chi connectivity index (χ4n) is 3.48. The van der Waals surface area contributed by atoms with Crippen molar-refractivity contribution in [3.63, 3.8) is 0 Å². The van der Waals surface area contributed by atoms with Gasteiger partial charge < -0.3 is 10.0 Å². The molecule has 0 aromatic heterocycles. The molecule has 2 aliphatic rings. The van der Waals surface area contributed by atoms with Crippen molar-refractivity contribution < 1.29 is 14.7 Å². The average molecular weight is 274 g/mol. The van der Waals surface area contributed by atoms with Crippen molar-refractivity contribution in [2.24, 2.45) is 0 Å². The number of carboxylic acids is 1. The second kappa shape index (κ2) is 4.59. The minimum atomic E-state index is -0.809. The number of piperidine rings is 1. The summed E-state index contributed by atoms with van der Waals surface area (Å²) in [4.78, 5) is 27.1. The van der Waals surface area contributed by atoms with Gasteiger partial charge in [-0.05, 0) is 24.5 Å². The van der Waals surface area contributed by atoms with E-state index in [2.05, 4.69) is 0 Å². The predicted molar refractivity (Wildman–Crippen MR) is 74.8 cm³/mol. The van der Waals surface area contributed by atoms with Crippen LogP contribution in [0.3, 0.4) is 0 Å². The molecule has 2 heterocycles. The number of likely N-dealkylation sites (N-methyl/N-ethyl adjacent to an activating group) is 1. The number of anilines is 1. The Bertz CT molecular complexity index is 562. The monoisotopic (exact) mass is 274 g/mol. The molecular formula is C15H18N2O3. The first-order valence-corrected chi connectivity index (χ1v) is 6.86. The van der Waals surface area contributed by atoms with Gasteiger partial charge in [-0.2, -0.15) is 0 Å². The van der Waals surface area contributed by atoms with Crippen LogP contribution in [-0.2, 0) is 15.0 Å². The highest BCUT2D eigenvalue weighted by atomic mass is 16.4. The summed E-state index contributed by atoms with van der Waals surface area (Å²) in [5.41, 5.74) is 1.65. The van der Waals surface area contributed by atoms with Crippen LogP contribution in [0.4, 0.5) is 5.69 Å². The second-order valence-corrected chi connectivity index (χ2v) is 5.63. The van der Waals surface area contributed by atoms with Crippen LogP contribution in [0.15, 0.2) is 24.3 Å². The normalized spacial score (nSPS) is 21.2. The summed E-state index contributed by atoms with van der Waals surface area (Å²) in [6, 6.07) is 7.92. The van der Waals surface area contributed by atoms with Gasteiger partial charge in [0.15, 0.2) is 0 Å². The molecule has 1 spiro atoms. The van der Waals surface area contributed by atoms with Crippen molar-refractivity contribution in [2.75, 3.05) is 31.6 Å². The number of carbonyl (C=O) groups excluding carboxylic acids is 1. The molecule has 0 aliphatic carbocycles. The van der Waals surface area contributed by atoms with E-state index in [0.29, 0.717) is 25.9 Å². The number of rotatable bonds is 2. The summed E-state index contributed by atoms with van der Waals surface area (Å²) in [5, 5.41) is 8.86. The standard InChI is InChI=1S/C15H18N2O3/c1-16-12-5-3-2-4-11(12)15(14(16)20)6-8-17(9-7-15)10-13(18)19/h2-5H,6-10H2,1H3,(H,18,19). The number of benzene rings is 1. The molecule has 1 fully saturated rings. The van der Waals surface area contributed by atoms with E-state index < -0.39 is 11.4 Å². The van der Waals surface area contributed by atoms with Gasteiger partial charge in [0.25, 0.3) is 0 Å². The van der Waals surface area contributed by atoms with E-state index in [0.717, 1.165) is 11.3 Å². The predicted octanol–water partition coefficient (Wildman–Crippen LogP) is 1.08. The third kappa shape index (κ3) is 1.81. The summed E-state index contributed by atoms with van der Waals surface area (Å²) in [7, 11) is 1.82. The smallest absolute Gasteiger partial charge is 0.317 e. The summed E-state index contributed by atoms with van der Waals surface area (Å²) < 4.78 is 0. The summed E-state index contributed by atoms with van der Waals surface area (Å²) in [6.07, 6.45) is 1.39. The number of hydrogen-bond acceptors (Lipinski definition) is 3. The van der Waals surface area contributed by atoms with Gasteiger partial charge in [0.05, 0.1) is 12.0 Å². The van der Waals surface area contributed by atoms with Gasteiger partial charge in [-0.3, -0.25) is 14.5 Å². The molecule has 1 saturated heterocycles. The lowest BCUT2D eigenvalue weighted by molar-refractivity contribution is -0.138. The Morgan fingerprint density at radius 2 is 1.95 bits per heavy atom. The zero-order valence-corrected chi connectivity index (χ0v) is 11.5. The second-order valence-electron chi connectivity index (χ2n) is 5.63. The molecule has 0 saturated carbocycles. The molecular weight excluding hydrogens is 256 g/mol. The number of carboxylic acid groups (broad SMARTS) is 1. The fraction of sp³-hybridized carbons (Fsp3) is 0.467. The highest BCUT2D eigenvalue weighted by molar-refractivity contribution is 6.07. The largest absolute Gasteiger partial charge is 0.480 e. The van der Waals surface area contributed by atoms with E-state index in [-0.39, 0.29) is 12.5 Å². The SMILES string of the molecule is CN1C(=O)C2(CCN(CC(=O)O)CC2)c2ccccc21. The Hall–Kier alpha value is -1.88. The van der Waals surface area contributed by atoms with Crippen LogP contribution >= 0.6 is 0 Å². The van der Waals surface area contributed by atoms with Crippen LogP contribution in [0.1, 0.15) is 18.4 Å². The van der Waals surface area contributed by atoms with Crippen molar-refractivity contribution >= 4 is 17.6 Å². The van der Waals surface area contributed by atoms with Crippen LogP contribution in [0, 0.1) is 0 Å². The quantitative estimate of drug-likeness (QED) is 0.876. The van der Waals surface area contributed by atoms with Gasteiger partial charge in [-0.25, -0.2) is 0 Å². The summed E-state index contributed by atoms with van der Waals surface area (Å²) in [5.74, 6) is -0.662. The van der Waals surface area contributed by atoms with E-state index in [1.54, 1.807) is 4.90 Å². The lowest BCUT2D eigenvalue weighted by Gasteiger charge is -2.37. The minimum Gasteiger partial charge on any atom is -0.480 e. The van der Waals surface area contributed by atoms with Gasteiger partial charge in [0.2, 0.25) is 5.91 Å². The Balaban J connectivity index is 1.88. The first-order valence-electron chi connectivity index (χ1n) is 6.86. The molecule has 0 unspecified atom stereocenters. The third-order valence-corrected chi connectivity index (χ3v) is 4.56. The zero-order valence-electron chi connectivity index (χ0n) is 11.5. The first kappa shape index (κ1) is 13.1. The number of amides is 1. The molecule has 106 valence electrons. The van der Waals surface area contributed by atoms with Crippen molar-refractivity contribution in [3.05, 3.63) is 29.8 Å². The van der Waals surface area contributed by atoms with E-state index in [1.165, 1.54) is 0 Å². The molecule has 1 amide bonds. The van der Waals surface area contributed by atoms with Gasteiger partial charge in [0.1, 0.15) is 0 Å². The number of fused-ring (bicyclic) bond motifs is 2. The highest BCUT2D eigenvalue weighted by Crippen LogP contribution is 2.47. The Morgan fingerprint density at radius 1 is 1.30 bits per heavy atom. The molecule has 5 heteroatoms. The number of carbonyl (C=O) groups is 2. The van der Waals surface area contributed by atoms with Crippen molar-refractivity contribution in [2.45, 2.75) is 18.3 Å². The van der Waals surface area contributed by atoms with Crippen molar-refractivity contribution in [1.29, 1.82) is 0 Å². The fourth-order valence-corrected chi connectivity index (χ4v) is 3.48. The van der Waals surface area contributed by atoms with E-state index in [9.17, 15) is 9.59 Å². The molecule has 5 nitrogen and oxygen atoms in total. The molecule has 0 bridgehead atoms. The van der Waals surface area contributed by atoms with Gasteiger partial charge >= 0.3 is 5.97 Å². The number of para-hydroxylation sites is 1. The topological polar surface area (TPSA) is 60.9 Å². The Kier molecular flexibility index (Phi) is 3.01. The number of aliphatic carboxylic acids is 1. The third-order valence-electron chi connectivity index (χ3n) is 4.56. The highest BCUT2D eigenvalue weighted by Gasteiger charge is 2.50. The first-order chi connectivity index (χ1) is 9.54. The molecule has 0 radical (unpaired) electrons. The molecule has 3 rings (SSSR count). The lowest BCUT2D eigenvalue weighted by Crippen LogP contribution is -2.49. The number of likely N-dealkylation sites (tertiary alicyclic amines) is 1. The molecule has 1 aromatic rings. The van der Waals surface area contributed by atoms with Crippen LogP contribution in [0.5, 0.6) is 0 Å². The Morgan fingerprint density at radius 3 is 2.60 bits per heavy atom. The van der Waals surface area contributed by atoms with Gasteiger partial charge in [-0.15, -0.1) is 0 Å². The number of nitrogens with zero attached hydrogens (tertiary/aromatic N) is 2.